The summed E-state index contributed by atoms with van der Waals surface area (Å²) in [6, 6.07) is 0. The number of thioether (sulfide) groups is 1. The van der Waals surface area contributed by atoms with Crippen molar-refractivity contribution in [2.45, 2.75) is 6.42 Å². The molecule has 0 spiro atoms. The Bertz CT molecular complexity index is 622. The van der Waals surface area contributed by atoms with Crippen molar-refractivity contribution >= 4 is 37.8 Å². The Balaban J connectivity index is 2.10. The summed E-state index contributed by atoms with van der Waals surface area (Å²) in [6.07, 6.45) is 2.67. The summed E-state index contributed by atoms with van der Waals surface area (Å²) in [7, 11) is -2.30. The Morgan fingerprint density at radius 1 is 1.44 bits per heavy atom. The van der Waals surface area contributed by atoms with Crippen LogP contribution in [0.3, 0.4) is 0 Å². The lowest BCUT2D eigenvalue weighted by Gasteiger charge is -2.27. The first-order valence-corrected chi connectivity index (χ1v) is 7.88. The molecule has 0 unspecified atom stereocenters. The van der Waals surface area contributed by atoms with Crippen LogP contribution in [0.15, 0.2) is 21.4 Å². The SMILES string of the molecule is CSC1=NN2CC3=C(CCNC3)N=C2C1=S(=O)=O. The van der Waals surface area contributed by atoms with Crippen LogP contribution in [0.5, 0.6) is 0 Å². The van der Waals surface area contributed by atoms with E-state index in [9.17, 15) is 8.42 Å². The molecule has 0 fully saturated rings. The third-order valence-electron chi connectivity index (χ3n) is 3.08. The zero-order valence-electron chi connectivity index (χ0n) is 9.80. The molecule has 1 N–H and O–H groups in total. The average Bonchev–Trinajstić information content (AvgIpc) is 2.73. The number of nitrogens with zero attached hydrogens (tertiary/aromatic N) is 3. The van der Waals surface area contributed by atoms with Gasteiger partial charge in [-0.1, -0.05) is 0 Å². The van der Waals surface area contributed by atoms with Gasteiger partial charge < -0.3 is 5.32 Å². The molecule has 3 rings (SSSR count). The van der Waals surface area contributed by atoms with Crippen LogP contribution >= 0.6 is 11.8 Å². The van der Waals surface area contributed by atoms with Crippen molar-refractivity contribution in [1.82, 2.24) is 10.3 Å². The molecule has 3 aliphatic rings. The van der Waals surface area contributed by atoms with Crippen molar-refractivity contribution in [3.63, 3.8) is 0 Å². The van der Waals surface area contributed by atoms with Gasteiger partial charge in [0.2, 0.25) is 10.3 Å². The molecule has 0 saturated carbocycles. The van der Waals surface area contributed by atoms with Gasteiger partial charge in [0.05, 0.1) is 6.54 Å². The lowest BCUT2D eigenvalue weighted by molar-refractivity contribution is 0.465. The van der Waals surface area contributed by atoms with E-state index in [1.165, 1.54) is 17.3 Å². The number of hydrazone groups is 1. The molecular weight excluding hydrogens is 272 g/mol. The maximum atomic E-state index is 11.3. The van der Waals surface area contributed by atoms with Gasteiger partial charge in [0.15, 0.2) is 10.7 Å². The van der Waals surface area contributed by atoms with Crippen LogP contribution in [-0.2, 0) is 10.3 Å². The Labute approximate surface area is 110 Å². The number of rotatable bonds is 0. The summed E-state index contributed by atoms with van der Waals surface area (Å²) in [5, 5.41) is 9.81. The first-order valence-electron chi connectivity index (χ1n) is 5.58. The zero-order valence-corrected chi connectivity index (χ0v) is 11.4. The minimum Gasteiger partial charge on any atom is -0.312 e. The lowest BCUT2D eigenvalue weighted by Crippen LogP contribution is -2.38. The van der Waals surface area contributed by atoms with Gasteiger partial charge >= 0.3 is 0 Å². The Morgan fingerprint density at radius 3 is 3.00 bits per heavy atom. The second kappa shape index (κ2) is 4.52. The van der Waals surface area contributed by atoms with Crippen LogP contribution < -0.4 is 5.32 Å². The maximum absolute atomic E-state index is 11.3. The van der Waals surface area contributed by atoms with E-state index in [1.54, 1.807) is 5.01 Å². The van der Waals surface area contributed by atoms with E-state index >= 15 is 0 Å². The fourth-order valence-corrected chi connectivity index (χ4v) is 3.62. The van der Waals surface area contributed by atoms with Crippen molar-refractivity contribution in [3.05, 3.63) is 11.3 Å². The van der Waals surface area contributed by atoms with Gasteiger partial charge in [-0.25, -0.2) is 10.0 Å². The highest BCUT2D eigenvalue weighted by Gasteiger charge is 2.35. The monoisotopic (exact) mass is 284 g/mol. The highest BCUT2D eigenvalue weighted by molar-refractivity contribution is 8.17. The van der Waals surface area contributed by atoms with E-state index in [0.717, 1.165) is 25.2 Å². The van der Waals surface area contributed by atoms with Crippen LogP contribution in [-0.4, -0.2) is 55.1 Å². The number of amidine groups is 1. The summed E-state index contributed by atoms with van der Waals surface area (Å²) >= 11 is 1.33. The van der Waals surface area contributed by atoms with E-state index in [-0.39, 0.29) is 4.86 Å². The summed E-state index contributed by atoms with van der Waals surface area (Å²) in [5.41, 5.74) is 2.22. The summed E-state index contributed by atoms with van der Waals surface area (Å²) in [6.45, 7) is 2.33. The molecule has 0 aromatic carbocycles. The van der Waals surface area contributed by atoms with Crippen molar-refractivity contribution in [2.24, 2.45) is 10.1 Å². The van der Waals surface area contributed by atoms with E-state index in [0.29, 0.717) is 17.4 Å². The van der Waals surface area contributed by atoms with Crippen LogP contribution in [0.4, 0.5) is 0 Å². The lowest BCUT2D eigenvalue weighted by atomic mass is 10.1. The number of aliphatic imine (C=N–C) groups is 1. The van der Waals surface area contributed by atoms with Crippen LogP contribution in [0.2, 0.25) is 0 Å². The fourth-order valence-electron chi connectivity index (χ4n) is 2.23. The van der Waals surface area contributed by atoms with Gasteiger partial charge in [-0.05, 0) is 11.8 Å². The molecule has 3 aliphatic heterocycles. The van der Waals surface area contributed by atoms with E-state index in [1.807, 2.05) is 6.26 Å². The molecule has 0 bridgehead atoms. The van der Waals surface area contributed by atoms with Gasteiger partial charge in [0, 0.05) is 25.2 Å². The third-order valence-corrected chi connectivity index (χ3v) is 4.59. The van der Waals surface area contributed by atoms with E-state index in [2.05, 4.69) is 15.4 Å². The highest BCUT2D eigenvalue weighted by atomic mass is 32.2. The molecule has 0 aliphatic carbocycles. The normalized spacial score (nSPS) is 22.5. The quantitative estimate of drug-likeness (QED) is 0.618. The minimum absolute atomic E-state index is 0.229. The zero-order chi connectivity index (χ0) is 12.7. The molecular formula is C10H12N4O2S2. The number of nitrogens with one attached hydrogen (secondary N) is 1. The van der Waals surface area contributed by atoms with Crippen LogP contribution in [0.1, 0.15) is 6.42 Å². The number of hydrogen-bond acceptors (Lipinski definition) is 7. The first kappa shape index (κ1) is 11.9. The second-order valence-electron chi connectivity index (χ2n) is 4.14. The number of fused-ring (bicyclic) bond motifs is 1. The van der Waals surface area contributed by atoms with Crippen molar-refractivity contribution in [2.75, 3.05) is 25.9 Å². The second-order valence-corrected chi connectivity index (χ2v) is 5.82. The van der Waals surface area contributed by atoms with Gasteiger partial charge in [-0.2, -0.15) is 13.5 Å². The Kier molecular flexibility index (Phi) is 3.00. The molecule has 18 heavy (non-hydrogen) atoms. The van der Waals surface area contributed by atoms with Crippen molar-refractivity contribution < 1.29 is 8.42 Å². The molecule has 0 atom stereocenters. The molecule has 3 heterocycles. The third kappa shape index (κ3) is 1.80. The predicted octanol–water partition coefficient (Wildman–Crippen LogP) is -0.310. The highest BCUT2D eigenvalue weighted by Crippen LogP contribution is 2.25. The molecule has 0 amide bonds. The first-order chi connectivity index (χ1) is 8.70. The molecule has 0 saturated heterocycles. The van der Waals surface area contributed by atoms with Gasteiger partial charge in [-0.15, -0.1) is 11.8 Å². The van der Waals surface area contributed by atoms with Gasteiger partial charge in [-0.3, -0.25) is 0 Å². The Morgan fingerprint density at radius 2 is 2.28 bits per heavy atom. The van der Waals surface area contributed by atoms with E-state index in [4.69, 9.17) is 0 Å². The number of hydrogen-bond donors (Lipinski definition) is 1. The average molecular weight is 284 g/mol. The summed E-state index contributed by atoms with van der Waals surface area (Å²) in [5.74, 6) is 0.480. The molecule has 96 valence electrons. The smallest absolute Gasteiger partial charge is 0.228 e. The Hall–Kier alpha value is -1.12. The van der Waals surface area contributed by atoms with Crippen molar-refractivity contribution in [1.29, 1.82) is 0 Å². The van der Waals surface area contributed by atoms with Gasteiger partial charge in [0.1, 0.15) is 5.04 Å². The maximum Gasteiger partial charge on any atom is 0.228 e. The summed E-state index contributed by atoms with van der Waals surface area (Å²) in [4.78, 5) is 4.72. The topological polar surface area (TPSA) is 74.1 Å². The van der Waals surface area contributed by atoms with E-state index < -0.39 is 10.3 Å². The minimum atomic E-state index is -2.30. The van der Waals surface area contributed by atoms with Crippen LogP contribution in [0, 0.1) is 0 Å². The van der Waals surface area contributed by atoms with Crippen molar-refractivity contribution in [3.8, 4) is 0 Å². The van der Waals surface area contributed by atoms with Gasteiger partial charge in [0.25, 0.3) is 0 Å². The molecule has 8 heteroatoms. The summed E-state index contributed by atoms with van der Waals surface area (Å²) < 4.78 is 22.6. The molecule has 6 nitrogen and oxygen atoms in total. The fraction of sp³-hybridized carbons (Fsp3) is 0.500. The standard InChI is InChI=1S/C10H12N4O2S2/c1-17-10-8(18(15)16)9-12-7-2-3-11-4-6(7)5-14(9)13-10/h11H,2-5H2,1H3. The molecule has 0 radical (unpaired) electrons. The molecule has 0 aromatic rings. The largest absolute Gasteiger partial charge is 0.312 e. The predicted molar refractivity (Wildman–Crippen MR) is 73.5 cm³/mol. The van der Waals surface area contributed by atoms with Crippen LogP contribution in [0.25, 0.3) is 0 Å². The molecule has 0 aromatic heterocycles.